The second-order valence-electron chi connectivity index (χ2n) is 2.45. The zero-order valence-corrected chi connectivity index (χ0v) is 7.64. The molecule has 0 fully saturated rings. The van der Waals surface area contributed by atoms with Crippen LogP contribution in [0.2, 0.25) is 0 Å². The maximum atomic E-state index is 10.7. The minimum absolute atomic E-state index is 0.124. The molecule has 0 aliphatic carbocycles. The van der Waals surface area contributed by atoms with Crippen LogP contribution >= 0.6 is 11.6 Å². The van der Waals surface area contributed by atoms with E-state index >= 15 is 0 Å². The third kappa shape index (κ3) is 2.02. The number of carbonyl (C=O) groups is 1. The van der Waals surface area contributed by atoms with Gasteiger partial charge in [-0.05, 0) is 0 Å². The van der Waals surface area contributed by atoms with E-state index in [2.05, 4.69) is 16.2 Å². The second-order valence-corrected chi connectivity index (χ2v) is 2.86. The number of hydrazine groups is 1. The van der Waals surface area contributed by atoms with Gasteiger partial charge in [0, 0.05) is 14.0 Å². The number of nitrogens with zero attached hydrogens (tertiary/aromatic N) is 1. The van der Waals surface area contributed by atoms with E-state index in [-0.39, 0.29) is 11.5 Å². The summed E-state index contributed by atoms with van der Waals surface area (Å²) in [5.74, 6) is 0.516. The molecule has 0 saturated heterocycles. The van der Waals surface area contributed by atoms with E-state index in [1.807, 2.05) is 0 Å². The topological polar surface area (TPSA) is 56.4 Å². The summed E-state index contributed by atoms with van der Waals surface area (Å²) >= 11 is 5.81. The highest BCUT2D eigenvalue weighted by molar-refractivity contribution is 6.20. The van der Waals surface area contributed by atoms with E-state index in [1.54, 1.807) is 18.1 Å². The minimum Gasteiger partial charge on any atom is -0.330 e. The van der Waals surface area contributed by atoms with Crippen LogP contribution < -0.4 is 16.2 Å². The summed E-state index contributed by atoms with van der Waals surface area (Å²) in [6.07, 6.45) is 1.63. The van der Waals surface area contributed by atoms with Gasteiger partial charge in [-0.15, -0.1) is 0 Å². The molecule has 0 bridgehead atoms. The second kappa shape index (κ2) is 3.64. The van der Waals surface area contributed by atoms with E-state index in [4.69, 9.17) is 11.6 Å². The Kier molecular flexibility index (Phi) is 2.78. The quantitative estimate of drug-likeness (QED) is 0.385. The molecule has 0 spiro atoms. The van der Waals surface area contributed by atoms with Gasteiger partial charge >= 0.3 is 0 Å². The fraction of sp³-hybridized carbons (Fsp3) is 0.500. The molecule has 1 aliphatic heterocycles. The largest absolute Gasteiger partial charge is 0.330 e. The SMILES string of the molecule is CC(=O)NC1=CNNC(Cl)N1C. The Hall–Kier alpha value is -0.940. The number of nitrogens with one attached hydrogen (secondary N) is 3. The maximum Gasteiger partial charge on any atom is 0.222 e. The van der Waals surface area contributed by atoms with Crippen molar-refractivity contribution in [1.29, 1.82) is 0 Å². The highest BCUT2D eigenvalue weighted by Gasteiger charge is 2.17. The lowest BCUT2D eigenvalue weighted by Gasteiger charge is -2.31. The predicted molar refractivity (Wildman–Crippen MR) is 45.6 cm³/mol. The van der Waals surface area contributed by atoms with Crippen molar-refractivity contribution in [3.63, 3.8) is 0 Å². The lowest BCUT2D eigenvalue weighted by atomic mass is 10.5. The van der Waals surface area contributed by atoms with E-state index in [1.165, 1.54) is 6.92 Å². The predicted octanol–water partition coefficient (Wildman–Crippen LogP) is -0.517. The molecule has 1 heterocycles. The van der Waals surface area contributed by atoms with Gasteiger partial charge in [0.05, 0.1) is 6.20 Å². The third-order valence-electron chi connectivity index (χ3n) is 1.44. The van der Waals surface area contributed by atoms with E-state index < -0.39 is 0 Å². The normalized spacial score (nSPS) is 22.8. The summed E-state index contributed by atoms with van der Waals surface area (Å²) < 4.78 is 0. The van der Waals surface area contributed by atoms with Crippen LogP contribution in [0, 0.1) is 0 Å². The van der Waals surface area contributed by atoms with Gasteiger partial charge in [-0.2, -0.15) is 0 Å². The average molecular weight is 191 g/mol. The van der Waals surface area contributed by atoms with Gasteiger partial charge in [0.15, 0.2) is 5.62 Å². The first-order valence-corrected chi connectivity index (χ1v) is 3.90. The number of alkyl halides is 1. The highest BCUT2D eigenvalue weighted by atomic mass is 35.5. The summed E-state index contributed by atoms with van der Waals surface area (Å²) in [6.45, 7) is 1.44. The monoisotopic (exact) mass is 190 g/mol. The van der Waals surface area contributed by atoms with E-state index in [0.717, 1.165) is 0 Å². The molecule has 0 saturated carbocycles. The van der Waals surface area contributed by atoms with Crippen molar-refractivity contribution in [2.45, 2.75) is 12.5 Å². The number of carbonyl (C=O) groups excluding carboxylic acids is 1. The van der Waals surface area contributed by atoms with Crippen molar-refractivity contribution in [3.05, 3.63) is 12.0 Å². The molecule has 68 valence electrons. The summed E-state index contributed by atoms with van der Waals surface area (Å²) in [4.78, 5) is 12.4. The van der Waals surface area contributed by atoms with Crippen LogP contribution in [-0.4, -0.2) is 23.5 Å². The summed E-state index contributed by atoms with van der Waals surface area (Å²) in [6, 6.07) is 0. The van der Waals surface area contributed by atoms with E-state index in [0.29, 0.717) is 5.82 Å². The molecule has 1 aliphatic rings. The Morgan fingerprint density at radius 2 is 2.50 bits per heavy atom. The van der Waals surface area contributed by atoms with Gasteiger partial charge in [0.1, 0.15) is 5.82 Å². The number of hydrogen-bond acceptors (Lipinski definition) is 4. The van der Waals surface area contributed by atoms with Gasteiger partial charge in [-0.25, -0.2) is 5.43 Å². The number of rotatable bonds is 1. The van der Waals surface area contributed by atoms with Crippen molar-refractivity contribution >= 4 is 17.5 Å². The summed E-state index contributed by atoms with van der Waals surface area (Å²) in [5, 5.41) is 2.62. The number of amides is 1. The van der Waals surface area contributed by atoms with Crippen LogP contribution in [0.1, 0.15) is 6.92 Å². The van der Waals surface area contributed by atoms with Crippen molar-refractivity contribution in [3.8, 4) is 0 Å². The Morgan fingerprint density at radius 3 is 3.08 bits per heavy atom. The van der Waals surface area contributed by atoms with Crippen LogP contribution in [0.3, 0.4) is 0 Å². The molecular weight excluding hydrogens is 180 g/mol. The Morgan fingerprint density at radius 1 is 1.83 bits per heavy atom. The zero-order chi connectivity index (χ0) is 9.14. The first-order valence-electron chi connectivity index (χ1n) is 3.47. The molecule has 1 amide bonds. The molecule has 0 aromatic heterocycles. The number of hydrogen-bond donors (Lipinski definition) is 3. The average Bonchev–Trinajstić information content (AvgIpc) is 1.98. The molecule has 0 radical (unpaired) electrons. The van der Waals surface area contributed by atoms with Crippen LogP contribution in [0.5, 0.6) is 0 Å². The Balaban J connectivity index is 2.62. The molecule has 1 atom stereocenters. The Bertz CT molecular complexity index is 218. The smallest absolute Gasteiger partial charge is 0.222 e. The number of halogens is 1. The van der Waals surface area contributed by atoms with Crippen LogP contribution in [-0.2, 0) is 4.79 Å². The van der Waals surface area contributed by atoms with Crippen molar-refractivity contribution in [2.24, 2.45) is 0 Å². The molecule has 0 aromatic rings. The zero-order valence-electron chi connectivity index (χ0n) is 6.89. The first kappa shape index (κ1) is 9.15. The molecule has 6 heteroatoms. The lowest BCUT2D eigenvalue weighted by Crippen LogP contribution is -2.52. The van der Waals surface area contributed by atoms with Gasteiger partial charge in [0.25, 0.3) is 0 Å². The standard InChI is InChI=1S/C6H11ClN4O/c1-4(12)9-5-3-8-10-6(7)11(5)2/h3,6,8,10H,1-2H3,(H,9,12). The summed E-state index contributed by atoms with van der Waals surface area (Å²) in [7, 11) is 1.77. The first-order chi connectivity index (χ1) is 5.61. The van der Waals surface area contributed by atoms with Crippen molar-refractivity contribution < 1.29 is 4.79 Å². The van der Waals surface area contributed by atoms with Crippen LogP contribution in [0.25, 0.3) is 0 Å². The van der Waals surface area contributed by atoms with Gasteiger partial charge in [-0.1, -0.05) is 11.6 Å². The van der Waals surface area contributed by atoms with Gasteiger partial charge in [-0.3, -0.25) is 4.79 Å². The van der Waals surface area contributed by atoms with Crippen LogP contribution in [0.15, 0.2) is 12.0 Å². The third-order valence-corrected chi connectivity index (χ3v) is 1.84. The molecule has 1 rings (SSSR count). The lowest BCUT2D eigenvalue weighted by molar-refractivity contribution is -0.118. The fourth-order valence-corrected chi connectivity index (χ4v) is 0.972. The molecular formula is C6H11ClN4O. The minimum atomic E-state index is -0.364. The van der Waals surface area contributed by atoms with Crippen molar-refractivity contribution in [1.82, 2.24) is 21.1 Å². The van der Waals surface area contributed by atoms with Gasteiger partial charge < -0.3 is 15.6 Å². The molecule has 0 aromatic carbocycles. The van der Waals surface area contributed by atoms with Crippen LogP contribution in [0.4, 0.5) is 0 Å². The maximum absolute atomic E-state index is 10.7. The van der Waals surface area contributed by atoms with Crippen molar-refractivity contribution in [2.75, 3.05) is 7.05 Å². The highest BCUT2D eigenvalue weighted by Crippen LogP contribution is 2.07. The Labute approximate surface area is 75.7 Å². The summed E-state index contributed by atoms with van der Waals surface area (Å²) in [5.41, 5.74) is 5.10. The van der Waals surface area contributed by atoms with Gasteiger partial charge in [0.2, 0.25) is 5.91 Å². The fourth-order valence-electron chi connectivity index (χ4n) is 0.804. The molecule has 5 nitrogen and oxygen atoms in total. The molecule has 1 unspecified atom stereocenters. The van der Waals surface area contributed by atoms with E-state index in [9.17, 15) is 4.79 Å². The molecule has 3 N–H and O–H groups in total. The molecule has 12 heavy (non-hydrogen) atoms.